The quantitative estimate of drug-likeness (QED) is 0.285. The Kier molecular flexibility index (Phi) is 9.22. The molecule has 0 aliphatic carbocycles. The van der Waals surface area contributed by atoms with Gasteiger partial charge in [0.05, 0.1) is 18.5 Å². The van der Waals surface area contributed by atoms with Crippen molar-refractivity contribution < 1.29 is 18.7 Å². The van der Waals surface area contributed by atoms with Crippen molar-refractivity contribution in [1.29, 1.82) is 0 Å². The minimum absolute atomic E-state index is 0.247. The predicted molar refractivity (Wildman–Crippen MR) is 152 cm³/mol. The normalized spacial score (nSPS) is 15.0. The van der Waals surface area contributed by atoms with Crippen LogP contribution in [0.25, 0.3) is 0 Å². The smallest absolute Gasteiger partial charge is 0.305 e. The maximum absolute atomic E-state index is 13.9. The summed E-state index contributed by atoms with van der Waals surface area (Å²) in [6.07, 6.45) is 0.841. The lowest BCUT2D eigenvalue weighted by atomic mass is 9.90. The summed E-state index contributed by atoms with van der Waals surface area (Å²) in [6.45, 7) is 2.77. The highest BCUT2D eigenvalue weighted by atomic mass is 19.1. The molecule has 0 bridgehead atoms. The first-order chi connectivity index (χ1) is 18.7. The van der Waals surface area contributed by atoms with Gasteiger partial charge in [0.2, 0.25) is 5.91 Å². The van der Waals surface area contributed by atoms with Crippen molar-refractivity contribution in [3.8, 4) is 0 Å². The molecule has 0 fully saturated rings. The fraction of sp³-hybridized carbons (Fsp3) is 0.323. The molecule has 3 aromatic carbocycles. The second kappa shape index (κ2) is 12.8. The van der Waals surface area contributed by atoms with Crippen LogP contribution in [0.4, 0.5) is 15.8 Å². The van der Waals surface area contributed by atoms with Gasteiger partial charge >= 0.3 is 5.97 Å². The summed E-state index contributed by atoms with van der Waals surface area (Å²) in [7, 11) is 7.60. The molecule has 1 heterocycles. The van der Waals surface area contributed by atoms with E-state index in [2.05, 4.69) is 48.4 Å². The van der Waals surface area contributed by atoms with Gasteiger partial charge in [-0.1, -0.05) is 42.5 Å². The molecule has 1 N–H and O–H groups in total. The Morgan fingerprint density at radius 3 is 2.33 bits per heavy atom. The molecule has 8 heteroatoms. The zero-order chi connectivity index (χ0) is 27.9. The molecule has 1 amide bonds. The number of aliphatic imine (C=N–C) groups is 1. The number of ether oxygens (including phenoxy) is 1. The van der Waals surface area contributed by atoms with Crippen molar-refractivity contribution in [2.45, 2.75) is 25.3 Å². The lowest BCUT2D eigenvalue weighted by Crippen LogP contribution is -2.28. The molecule has 1 unspecified atom stereocenters. The van der Waals surface area contributed by atoms with Crippen molar-refractivity contribution in [3.05, 3.63) is 94.8 Å². The summed E-state index contributed by atoms with van der Waals surface area (Å²) >= 11 is 0. The lowest BCUT2D eigenvalue weighted by Gasteiger charge is -2.19. The Balaban J connectivity index is 1.63. The van der Waals surface area contributed by atoms with Gasteiger partial charge in [0.25, 0.3) is 0 Å². The van der Waals surface area contributed by atoms with E-state index in [0.717, 1.165) is 36.4 Å². The number of carbonyl (C=O) groups excluding carboxylic acids is 2. The number of benzene rings is 3. The van der Waals surface area contributed by atoms with E-state index in [4.69, 9.17) is 9.73 Å². The number of methoxy groups -OCH3 is 1. The first-order valence-electron chi connectivity index (χ1n) is 13.0. The Labute approximate surface area is 229 Å². The van der Waals surface area contributed by atoms with E-state index in [0.29, 0.717) is 23.4 Å². The number of aryl methyl sites for hydroxylation is 1. The first-order valence-corrected chi connectivity index (χ1v) is 13.0. The molecule has 7 nitrogen and oxygen atoms in total. The van der Waals surface area contributed by atoms with E-state index in [-0.39, 0.29) is 18.3 Å². The molecular formula is C31H35FN4O3. The van der Waals surface area contributed by atoms with Crippen molar-refractivity contribution in [2.75, 3.05) is 46.7 Å². The average molecular weight is 531 g/mol. The topological polar surface area (TPSA) is 74.2 Å². The highest BCUT2D eigenvalue weighted by Crippen LogP contribution is 2.36. The van der Waals surface area contributed by atoms with E-state index in [1.54, 1.807) is 6.07 Å². The molecule has 0 saturated heterocycles. The van der Waals surface area contributed by atoms with Gasteiger partial charge in [0, 0.05) is 31.7 Å². The third kappa shape index (κ3) is 7.37. The van der Waals surface area contributed by atoms with Crippen LogP contribution in [0.15, 0.2) is 71.7 Å². The Bertz CT molecular complexity index is 1340. The molecule has 3 aromatic rings. The SMILES string of the molecule is COC(=O)CCc1ccc(C(=Nc2ccc(CN(C)CCN(C)C)cc2)C2C(=O)Nc3cc(F)ccc32)cc1. The molecule has 1 atom stereocenters. The molecule has 1 aliphatic heterocycles. The highest BCUT2D eigenvalue weighted by Gasteiger charge is 2.35. The van der Waals surface area contributed by atoms with Gasteiger partial charge in [-0.15, -0.1) is 0 Å². The molecule has 0 radical (unpaired) electrons. The molecule has 0 saturated carbocycles. The molecule has 0 spiro atoms. The minimum atomic E-state index is -0.682. The number of likely N-dealkylation sites (N-methyl/N-ethyl adjacent to an activating group) is 2. The van der Waals surface area contributed by atoms with Crippen LogP contribution in [-0.2, 0) is 27.3 Å². The molecule has 4 rings (SSSR count). The van der Waals surface area contributed by atoms with Gasteiger partial charge in [-0.05, 0) is 74.1 Å². The van der Waals surface area contributed by atoms with Gasteiger partial charge in [0.15, 0.2) is 0 Å². The summed E-state index contributed by atoms with van der Waals surface area (Å²) in [5.41, 5.74) is 5.38. The maximum atomic E-state index is 13.9. The van der Waals surface area contributed by atoms with Crippen LogP contribution in [-0.4, -0.2) is 68.7 Å². The van der Waals surface area contributed by atoms with Crippen LogP contribution < -0.4 is 5.32 Å². The van der Waals surface area contributed by atoms with E-state index in [9.17, 15) is 14.0 Å². The van der Waals surface area contributed by atoms with Gasteiger partial charge in [-0.3, -0.25) is 14.6 Å². The van der Waals surface area contributed by atoms with Crippen LogP contribution in [0.1, 0.15) is 34.6 Å². The summed E-state index contributed by atoms with van der Waals surface area (Å²) < 4.78 is 18.6. The molecule has 39 heavy (non-hydrogen) atoms. The standard InChI is InChI=1S/C31H35FN4O3/c1-35(2)17-18-36(3)20-22-7-13-25(14-8-22)33-30(23-10-5-21(6-11-23)9-16-28(37)39-4)29-26-15-12-24(32)19-27(26)34-31(29)38/h5-8,10-15,19,29H,9,16-18,20H2,1-4H3,(H,34,38). The average Bonchev–Trinajstić information content (AvgIpc) is 3.24. The van der Waals surface area contributed by atoms with Crippen LogP contribution >= 0.6 is 0 Å². The van der Waals surface area contributed by atoms with Crippen molar-refractivity contribution in [1.82, 2.24) is 9.80 Å². The second-order valence-electron chi connectivity index (χ2n) is 10.1. The fourth-order valence-electron chi connectivity index (χ4n) is 4.57. The number of carbonyl (C=O) groups is 2. The van der Waals surface area contributed by atoms with Gasteiger partial charge in [-0.25, -0.2) is 4.39 Å². The first kappa shape index (κ1) is 28.1. The number of hydrogen-bond donors (Lipinski definition) is 1. The van der Waals surface area contributed by atoms with Crippen molar-refractivity contribution >= 4 is 29.0 Å². The molecule has 1 aliphatic rings. The minimum Gasteiger partial charge on any atom is -0.469 e. The number of esters is 1. The Morgan fingerprint density at radius 1 is 0.974 bits per heavy atom. The number of rotatable bonds is 11. The number of fused-ring (bicyclic) bond motifs is 1. The summed E-state index contributed by atoms with van der Waals surface area (Å²) in [4.78, 5) is 34.1. The van der Waals surface area contributed by atoms with Crippen LogP contribution in [0.5, 0.6) is 0 Å². The fourth-order valence-corrected chi connectivity index (χ4v) is 4.57. The van der Waals surface area contributed by atoms with Gasteiger partial charge < -0.3 is 19.9 Å². The number of nitrogens with one attached hydrogen (secondary N) is 1. The van der Waals surface area contributed by atoms with Gasteiger partial charge in [-0.2, -0.15) is 0 Å². The van der Waals surface area contributed by atoms with Crippen molar-refractivity contribution in [3.63, 3.8) is 0 Å². The van der Waals surface area contributed by atoms with E-state index < -0.39 is 11.7 Å². The predicted octanol–water partition coefficient (Wildman–Crippen LogP) is 4.78. The summed E-state index contributed by atoms with van der Waals surface area (Å²) in [5.74, 6) is -1.60. The zero-order valence-corrected chi connectivity index (χ0v) is 22.9. The van der Waals surface area contributed by atoms with Gasteiger partial charge in [0.1, 0.15) is 11.7 Å². The Hall–Kier alpha value is -3.88. The van der Waals surface area contributed by atoms with Crippen LogP contribution in [0.3, 0.4) is 0 Å². The molecule has 0 aromatic heterocycles. The van der Waals surface area contributed by atoms with E-state index in [1.165, 1.54) is 24.8 Å². The third-order valence-electron chi connectivity index (χ3n) is 6.78. The van der Waals surface area contributed by atoms with E-state index in [1.807, 2.05) is 36.4 Å². The van der Waals surface area contributed by atoms with Crippen LogP contribution in [0, 0.1) is 5.82 Å². The van der Waals surface area contributed by atoms with Crippen molar-refractivity contribution in [2.24, 2.45) is 4.99 Å². The van der Waals surface area contributed by atoms with Crippen LogP contribution in [0.2, 0.25) is 0 Å². The lowest BCUT2D eigenvalue weighted by molar-refractivity contribution is -0.140. The number of halogens is 1. The maximum Gasteiger partial charge on any atom is 0.305 e. The highest BCUT2D eigenvalue weighted by molar-refractivity contribution is 6.24. The molecule has 204 valence electrons. The monoisotopic (exact) mass is 530 g/mol. The Morgan fingerprint density at radius 2 is 1.67 bits per heavy atom. The third-order valence-corrected chi connectivity index (χ3v) is 6.78. The number of hydrogen-bond acceptors (Lipinski definition) is 6. The zero-order valence-electron chi connectivity index (χ0n) is 22.9. The molecular weight excluding hydrogens is 495 g/mol. The number of nitrogens with zero attached hydrogens (tertiary/aromatic N) is 3. The van der Waals surface area contributed by atoms with E-state index >= 15 is 0 Å². The summed E-state index contributed by atoms with van der Waals surface area (Å²) in [5, 5.41) is 2.81. The largest absolute Gasteiger partial charge is 0.469 e. The second-order valence-corrected chi connectivity index (χ2v) is 10.1. The number of amides is 1. The number of anilines is 1. The summed E-state index contributed by atoms with van der Waals surface area (Å²) in [6, 6.07) is 20.0.